The van der Waals surface area contributed by atoms with Crippen LogP contribution in [0.4, 0.5) is 4.79 Å². The minimum atomic E-state index is -0.325. The monoisotopic (exact) mass is 301 g/mol. The second-order valence-electron chi connectivity index (χ2n) is 4.07. The summed E-state index contributed by atoms with van der Waals surface area (Å²) in [7, 11) is 0. The Hall–Kier alpha value is -0.540. The number of carbonyl (C=O) groups is 1. The molecule has 0 bridgehead atoms. The third-order valence-electron chi connectivity index (χ3n) is 3.08. The zero-order valence-corrected chi connectivity index (χ0v) is 11.2. The van der Waals surface area contributed by atoms with Gasteiger partial charge in [-0.15, -0.1) is 0 Å². The Bertz CT molecular complexity index is 371. The van der Waals surface area contributed by atoms with E-state index in [2.05, 4.69) is 40.2 Å². The molecule has 2 rings (SSSR count). The molecular weight excluding hydrogens is 289 g/mol. The van der Waals surface area contributed by atoms with Crippen LogP contribution in [0.5, 0.6) is 0 Å². The second kappa shape index (κ2) is 5.19. The van der Waals surface area contributed by atoms with Gasteiger partial charge in [0.1, 0.15) is 0 Å². The van der Waals surface area contributed by atoms with Gasteiger partial charge in [0.15, 0.2) is 0 Å². The normalized spacial score (nSPS) is 17.5. The molecule has 16 heavy (non-hydrogen) atoms. The molecule has 2 nitrogen and oxygen atoms in total. The summed E-state index contributed by atoms with van der Waals surface area (Å²) in [5.41, 5.74) is 1.35. The molecule has 0 saturated carbocycles. The smallest absolute Gasteiger partial charge is 0.316 e. The molecule has 0 unspecified atom stereocenters. The Morgan fingerprint density at radius 1 is 1.25 bits per heavy atom. The molecule has 0 N–H and O–H groups in total. The van der Waals surface area contributed by atoms with Crippen molar-refractivity contribution in [2.75, 3.05) is 13.1 Å². The van der Waals surface area contributed by atoms with E-state index < -0.39 is 0 Å². The molecule has 1 aromatic rings. The quantitative estimate of drug-likeness (QED) is 0.567. The predicted octanol–water partition coefficient (Wildman–Crippen LogP) is 3.99. The topological polar surface area (TPSA) is 20.3 Å². The van der Waals surface area contributed by atoms with Gasteiger partial charge in [-0.05, 0) is 48.1 Å². The summed E-state index contributed by atoms with van der Waals surface area (Å²) in [5.74, 6) is 0.556. The van der Waals surface area contributed by atoms with Gasteiger partial charge in [0.05, 0.1) is 0 Å². The number of halogens is 2. The minimum Gasteiger partial charge on any atom is -0.329 e. The van der Waals surface area contributed by atoms with Crippen LogP contribution in [-0.4, -0.2) is 23.4 Å². The number of rotatable bonds is 1. The van der Waals surface area contributed by atoms with E-state index in [1.54, 1.807) is 4.90 Å². The lowest BCUT2D eigenvalue weighted by Crippen LogP contribution is -2.34. The molecule has 0 atom stereocenters. The third-order valence-corrected chi connectivity index (χ3v) is 3.85. The Morgan fingerprint density at radius 3 is 2.31 bits per heavy atom. The van der Waals surface area contributed by atoms with Crippen molar-refractivity contribution in [1.29, 1.82) is 0 Å². The van der Waals surface area contributed by atoms with E-state index in [9.17, 15) is 4.79 Å². The number of carbonyl (C=O) groups excluding carboxylic acids is 1. The molecule has 86 valence electrons. The molecule has 1 amide bonds. The molecular formula is C12H13BrClNO. The minimum absolute atomic E-state index is 0.325. The summed E-state index contributed by atoms with van der Waals surface area (Å²) < 4.78 is 1.10. The number of hydrogen-bond acceptors (Lipinski definition) is 1. The van der Waals surface area contributed by atoms with Crippen molar-refractivity contribution in [1.82, 2.24) is 4.90 Å². The van der Waals surface area contributed by atoms with E-state index in [1.807, 2.05) is 0 Å². The van der Waals surface area contributed by atoms with Gasteiger partial charge in [0.25, 0.3) is 0 Å². The van der Waals surface area contributed by atoms with E-state index in [0.717, 1.165) is 30.4 Å². The van der Waals surface area contributed by atoms with Crippen LogP contribution < -0.4 is 0 Å². The van der Waals surface area contributed by atoms with Gasteiger partial charge in [-0.1, -0.05) is 28.1 Å². The molecule has 1 heterocycles. The van der Waals surface area contributed by atoms with Gasteiger partial charge in [0, 0.05) is 17.6 Å². The highest BCUT2D eigenvalue weighted by molar-refractivity contribution is 9.10. The molecule has 1 aliphatic heterocycles. The number of nitrogens with zero attached hydrogens (tertiary/aromatic N) is 1. The molecule has 1 fully saturated rings. The highest BCUT2D eigenvalue weighted by atomic mass is 79.9. The van der Waals surface area contributed by atoms with Gasteiger partial charge >= 0.3 is 5.37 Å². The van der Waals surface area contributed by atoms with Gasteiger partial charge in [-0.2, -0.15) is 0 Å². The standard InChI is InChI=1S/C12H13BrClNO/c13-11-3-1-9(2-4-11)10-5-7-15(8-6-10)12(14)16/h1-4,10H,5-8H2. The summed E-state index contributed by atoms with van der Waals surface area (Å²) in [6.07, 6.45) is 2.00. The van der Waals surface area contributed by atoms with E-state index in [-0.39, 0.29) is 5.37 Å². The third kappa shape index (κ3) is 2.77. The van der Waals surface area contributed by atoms with Crippen LogP contribution in [0.2, 0.25) is 0 Å². The van der Waals surface area contributed by atoms with Crippen LogP contribution in [0.3, 0.4) is 0 Å². The second-order valence-corrected chi connectivity index (χ2v) is 5.30. The van der Waals surface area contributed by atoms with Gasteiger partial charge in [-0.3, -0.25) is 4.79 Å². The van der Waals surface area contributed by atoms with Crippen molar-refractivity contribution in [2.45, 2.75) is 18.8 Å². The average molecular weight is 303 g/mol. The van der Waals surface area contributed by atoms with Crippen molar-refractivity contribution in [2.24, 2.45) is 0 Å². The van der Waals surface area contributed by atoms with Crippen molar-refractivity contribution in [3.63, 3.8) is 0 Å². The van der Waals surface area contributed by atoms with Crippen LogP contribution in [0.15, 0.2) is 28.7 Å². The maximum absolute atomic E-state index is 11.0. The first-order chi connectivity index (χ1) is 7.66. The SMILES string of the molecule is O=C(Cl)N1CCC(c2ccc(Br)cc2)CC1. The fourth-order valence-corrected chi connectivity index (χ4v) is 2.56. The van der Waals surface area contributed by atoms with Crippen molar-refractivity contribution >= 4 is 32.9 Å². The largest absolute Gasteiger partial charge is 0.329 e. The zero-order chi connectivity index (χ0) is 11.5. The van der Waals surface area contributed by atoms with E-state index in [1.165, 1.54) is 5.56 Å². The zero-order valence-electron chi connectivity index (χ0n) is 8.83. The number of hydrogen-bond donors (Lipinski definition) is 0. The highest BCUT2D eigenvalue weighted by Gasteiger charge is 2.22. The van der Waals surface area contributed by atoms with Crippen LogP contribution in [0.1, 0.15) is 24.3 Å². The van der Waals surface area contributed by atoms with Gasteiger partial charge < -0.3 is 4.90 Å². The number of likely N-dealkylation sites (tertiary alicyclic amines) is 1. The molecule has 0 aliphatic carbocycles. The van der Waals surface area contributed by atoms with Crippen LogP contribution >= 0.6 is 27.5 Å². The molecule has 1 saturated heterocycles. The lowest BCUT2D eigenvalue weighted by atomic mass is 9.90. The molecule has 1 aliphatic rings. The van der Waals surface area contributed by atoms with E-state index >= 15 is 0 Å². The first-order valence-corrected chi connectivity index (χ1v) is 6.54. The number of benzene rings is 1. The van der Waals surface area contributed by atoms with E-state index in [0.29, 0.717) is 5.92 Å². The average Bonchev–Trinajstić information content (AvgIpc) is 2.30. The van der Waals surface area contributed by atoms with Gasteiger partial charge in [-0.25, -0.2) is 0 Å². The maximum Gasteiger partial charge on any atom is 0.316 e. The van der Waals surface area contributed by atoms with Crippen molar-refractivity contribution in [3.8, 4) is 0 Å². The molecule has 0 spiro atoms. The van der Waals surface area contributed by atoms with Gasteiger partial charge in [0.2, 0.25) is 0 Å². The Morgan fingerprint density at radius 2 is 1.81 bits per heavy atom. The highest BCUT2D eigenvalue weighted by Crippen LogP contribution is 2.29. The Balaban J connectivity index is 1.99. The predicted molar refractivity (Wildman–Crippen MR) is 68.9 cm³/mol. The lowest BCUT2D eigenvalue weighted by Gasteiger charge is -2.30. The van der Waals surface area contributed by atoms with Crippen LogP contribution in [0, 0.1) is 0 Å². The van der Waals surface area contributed by atoms with Crippen LogP contribution in [0.25, 0.3) is 0 Å². The summed E-state index contributed by atoms with van der Waals surface area (Å²) in [6, 6.07) is 8.42. The first kappa shape index (κ1) is 11.9. The number of piperidine rings is 1. The first-order valence-electron chi connectivity index (χ1n) is 5.36. The molecule has 4 heteroatoms. The lowest BCUT2D eigenvalue weighted by molar-refractivity contribution is 0.204. The Kier molecular flexibility index (Phi) is 3.87. The number of amides is 1. The van der Waals surface area contributed by atoms with Crippen LogP contribution in [-0.2, 0) is 0 Å². The Labute approximate surface area is 109 Å². The fourth-order valence-electron chi connectivity index (χ4n) is 2.12. The summed E-state index contributed by atoms with van der Waals surface area (Å²) in [6.45, 7) is 1.53. The maximum atomic E-state index is 11.0. The van der Waals surface area contributed by atoms with E-state index in [4.69, 9.17) is 11.6 Å². The summed E-state index contributed by atoms with van der Waals surface area (Å²) >= 11 is 8.88. The van der Waals surface area contributed by atoms with Crippen molar-refractivity contribution < 1.29 is 4.79 Å². The van der Waals surface area contributed by atoms with Crippen molar-refractivity contribution in [3.05, 3.63) is 34.3 Å². The molecule has 0 aromatic heterocycles. The molecule has 1 aromatic carbocycles. The summed E-state index contributed by atoms with van der Waals surface area (Å²) in [5, 5.41) is -0.325. The molecule has 0 radical (unpaired) electrons. The fraction of sp³-hybridized carbons (Fsp3) is 0.417. The summed E-state index contributed by atoms with van der Waals surface area (Å²) in [4.78, 5) is 12.7.